The fraction of sp³-hybridized carbons (Fsp3) is 0. The van der Waals surface area contributed by atoms with Gasteiger partial charge >= 0.3 is 0 Å². The Bertz CT molecular complexity index is 757. The molecular weight excluding hydrogens is 266 g/mol. The van der Waals surface area contributed by atoms with Crippen molar-refractivity contribution >= 4 is 18.0 Å². The van der Waals surface area contributed by atoms with Crippen LogP contribution in [-0.2, 0) is 0 Å². The van der Waals surface area contributed by atoms with Crippen LogP contribution in [0.25, 0.3) is 11.8 Å². The number of aliphatic imine (C=N–C) groups is 1. The average Bonchev–Trinajstić information content (AvgIpc) is 2.61. The highest BCUT2D eigenvalue weighted by Gasteiger charge is 1.99. The summed E-state index contributed by atoms with van der Waals surface area (Å²) in [6, 6.07) is 30.7. The second kappa shape index (κ2) is 7.19. The van der Waals surface area contributed by atoms with Crippen molar-refractivity contribution in [2.24, 2.45) is 4.99 Å². The third-order valence-electron chi connectivity index (χ3n) is 3.32. The highest BCUT2D eigenvalue weighted by Crippen LogP contribution is 2.19. The fourth-order valence-corrected chi connectivity index (χ4v) is 2.19. The monoisotopic (exact) mass is 283 g/mol. The number of benzene rings is 3. The molecule has 0 aromatic heterocycles. The van der Waals surface area contributed by atoms with Crippen LogP contribution in [0.4, 0.5) is 0 Å². The van der Waals surface area contributed by atoms with Crippen molar-refractivity contribution in [2.75, 3.05) is 0 Å². The van der Waals surface area contributed by atoms with E-state index in [9.17, 15) is 0 Å². The van der Waals surface area contributed by atoms with Crippen LogP contribution in [-0.4, -0.2) is 6.21 Å². The molecule has 0 aliphatic heterocycles. The summed E-state index contributed by atoms with van der Waals surface area (Å²) in [5.74, 6) is 0. The summed E-state index contributed by atoms with van der Waals surface area (Å²) in [6.45, 7) is 0. The molecule has 0 saturated carbocycles. The van der Waals surface area contributed by atoms with Crippen molar-refractivity contribution in [3.8, 4) is 0 Å². The first kappa shape index (κ1) is 14.0. The van der Waals surface area contributed by atoms with Gasteiger partial charge in [-0.2, -0.15) is 0 Å². The Morgan fingerprint density at radius 1 is 0.591 bits per heavy atom. The molecule has 0 N–H and O–H groups in total. The molecule has 0 unspecified atom stereocenters. The number of hydrogen-bond donors (Lipinski definition) is 0. The first-order chi connectivity index (χ1) is 10.9. The second-order valence-corrected chi connectivity index (χ2v) is 4.98. The molecule has 1 nitrogen and oxygen atoms in total. The summed E-state index contributed by atoms with van der Waals surface area (Å²) in [6.07, 6.45) is 4.01. The number of rotatable bonds is 4. The van der Waals surface area contributed by atoms with Gasteiger partial charge in [-0.3, -0.25) is 4.99 Å². The summed E-state index contributed by atoms with van der Waals surface area (Å²) in [5, 5.41) is 0. The van der Waals surface area contributed by atoms with Crippen molar-refractivity contribution in [1.82, 2.24) is 0 Å². The minimum absolute atomic E-state index is 0.954. The molecule has 1 heteroatoms. The van der Waals surface area contributed by atoms with E-state index < -0.39 is 0 Å². The largest absolute Gasteiger partial charge is 0.256 e. The van der Waals surface area contributed by atoms with Crippen molar-refractivity contribution in [3.05, 3.63) is 108 Å². The standard InChI is InChI=1S/C21H17N/c1-4-10-18(11-5-1)16-21(20-14-8-3-9-15-20)22-17-19-12-6-2-7-13-19/h1-17H. The van der Waals surface area contributed by atoms with E-state index in [-0.39, 0.29) is 0 Å². The van der Waals surface area contributed by atoms with Crippen LogP contribution in [0.5, 0.6) is 0 Å². The lowest BCUT2D eigenvalue weighted by molar-refractivity contribution is 1.51. The van der Waals surface area contributed by atoms with Crippen molar-refractivity contribution in [3.63, 3.8) is 0 Å². The fourth-order valence-electron chi connectivity index (χ4n) is 2.19. The molecule has 0 spiro atoms. The molecule has 22 heavy (non-hydrogen) atoms. The molecule has 0 bridgehead atoms. The molecule has 0 radical (unpaired) electrons. The van der Waals surface area contributed by atoms with Crippen LogP contribution in [0.3, 0.4) is 0 Å². The van der Waals surface area contributed by atoms with Crippen LogP contribution in [0.15, 0.2) is 96.0 Å². The van der Waals surface area contributed by atoms with Gasteiger partial charge in [-0.25, -0.2) is 0 Å². The molecule has 0 atom stereocenters. The van der Waals surface area contributed by atoms with Gasteiger partial charge in [-0.15, -0.1) is 0 Å². The van der Waals surface area contributed by atoms with E-state index in [0.29, 0.717) is 0 Å². The zero-order valence-corrected chi connectivity index (χ0v) is 12.3. The summed E-state index contributed by atoms with van der Waals surface area (Å²) < 4.78 is 0. The zero-order chi connectivity index (χ0) is 15.0. The first-order valence-electron chi connectivity index (χ1n) is 7.33. The minimum atomic E-state index is 0.954. The molecule has 3 rings (SSSR count). The van der Waals surface area contributed by atoms with Crippen LogP contribution < -0.4 is 0 Å². The normalized spacial score (nSPS) is 11.7. The second-order valence-electron chi connectivity index (χ2n) is 4.98. The summed E-state index contributed by atoms with van der Waals surface area (Å²) >= 11 is 0. The first-order valence-corrected chi connectivity index (χ1v) is 7.33. The smallest absolute Gasteiger partial charge is 0.0708 e. The van der Waals surface area contributed by atoms with Crippen LogP contribution in [0, 0.1) is 0 Å². The van der Waals surface area contributed by atoms with Gasteiger partial charge in [0.15, 0.2) is 0 Å². The van der Waals surface area contributed by atoms with Gasteiger partial charge in [0.25, 0.3) is 0 Å². The average molecular weight is 283 g/mol. The Balaban J connectivity index is 1.97. The Kier molecular flexibility index (Phi) is 4.58. The lowest BCUT2D eigenvalue weighted by Crippen LogP contribution is -1.85. The Hall–Kier alpha value is -2.93. The van der Waals surface area contributed by atoms with E-state index in [1.807, 2.05) is 60.8 Å². The molecule has 0 amide bonds. The zero-order valence-electron chi connectivity index (χ0n) is 12.3. The summed E-state index contributed by atoms with van der Waals surface area (Å²) in [5.41, 5.74) is 4.30. The van der Waals surface area contributed by atoms with Crippen molar-refractivity contribution in [1.29, 1.82) is 0 Å². The van der Waals surface area contributed by atoms with E-state index in [0.717, 1.165) is 22.4 Å². The van der Waals surface area contributed by atoms with Crippen LogP contribution in [0.1, 0.15) is 16.7 Å². The third kappa shape index (κ3) is 3.80. The maximum Gasteiger partial charge on any atom is 0.0708 e. The van der Waals surface area contributed by atoms with Gasteiger partial charge in [0.05, 0.1) is 5.70 Å². The molecule has 106 valence electrons. The highest BCUT2D eigenvalue weighted by molar-refractivity contribution is 5.90. The molecule has 3 aromatic carbocycles. The lowest BCUT2D eigenvalue weighted by Gasteiger charge is -2.03. The van der Waals surface area contributed by atoms with E-state index >= 15 is 0 Å². The lowest BCUT2D eigenvalue weighted by atomic mass is 10.1. The van der Waals surface area contributed by atoms with E-state index in [1.165, 1.54) is 0 Å². The topological polar surface area (TPSA) is 12.4 Å². The predicted octanol–water partition coefficient (Wildman–Crippen LogP) is 5.30. The van der Waals surface area contributed by atoms with Crippen molar-refractivity contribution in [2.45, 2.75) is 0 Å². The molecule has 0 heterocycles. The Labute approximate surface area is 131 Å². The van der Waals surface area contributed by atoms with Gasteiger partial charge in [0.2, 0.25) is 0 Å². The van der Waals surface area contributed by atoms with Crippen LogP contribution >= 0.6 is 0 Å². The highest BCUT2D eigenvalue weighted by atomic mass is 14.7. The summed E-state index contributed by atoms with van der Waals surface area (Å²) in [7, 11) is 0. The van der Waals surface area contributed by atoms with E-state index in [4.69, 9.17) is 4.99 Å². The Morgan fingerprint density at radius 3 is 1.68 bits per heavy atom. The van der Waals surface area contributed by atoms with Crippen molar-refractivity contribution < 1.29 is 0 Å². The SMILES string of the molecule is C(=NC(=Cc1ccccc1)c1ccccc1)c1ccccc1. The van der Waals surface area contributed by atoms with Gasteiger partial charge in [-0.05, 0) is 17.2 Å². The quantitative estimate of drug-likeness (QED) is 0.455. The molecule has 3 aromatic rings. The predicted molar refractivity (Wildman–Crippen MR) is 94.8 cm³/mol. The van der Waals surface area contributed by atoms with E-state index in [1.54, 1.807) is 0 Å². The molecule has 0 aliphatic rings. The molecular formula is C21H17N. The van der Waals surface area contributed by atoms with Gasteiger partial charge in [-0.1, -0.05) is 91.0 Å². The van der Waals surface area contributed by atoms with Crippen LogP contribution in [0.2, 0.25) is 0 Å². The maximum atomic E-state index is 4.70. The minimum Gasteiger partial charge on any atom is -0.256 e. The van der Waals surface area contributed by atoms with E-state index in [2.05, 4.69) is 42.5 Å². The van der Waals surface area contributed by atoms with Gasteiger partial charge in [0.1, 0.15) is 0 Å². The molecule has 0 saturated heterocycles. The number of nitrogens with zero attached hydrogens (tertiary/aromatic N) is 1. The molecule has 0 fully saturated rings. The third-order valence-corrected chi connectivity index (χ3v) is 3.32. The molecule has 0 aliphatic carbocycles. The maximum absolute atomic E-state index is 4.70. The van der Waals surface area contributed by atoms with Gasteiger partial charge in [0, 0.05) is 11.8 Å². The van der Waals surface area contributed by atoms with Gasteiger partial charge < -0.3 is 0 Å². The Morgan fingerprint density at radius 2 is 1.09 bits per heavy atom. The summed E-state index contributed by atoms with van der Waals surface area (Å²) in [4.78, 5) is 4.70. The number of hydrogen-bond acceptors (Lipinski definition) is 1.